The fourth-order valence-electron chi connectivity index (χ4n) is 2.14. The molecule has 0 bridgehead atoms. The third kappa shape index (κ3) is 4.01. The normalized spacial score (nSPS) is 10.6. The Morgan fingerprint density at radius 3 is 2.45 bits per heavy atom. The highest BCUT2D eigenvalue weighted by molar-refractivity contribution is 6.17. The lowest BCUT2D eigenvalue weighted by molar-refractivity contribution is 0.478. The van der Waals surface area contributed by atoms with Gasteiger partial charge in [0.05, 0.1) is 5.88 Å². The molecule has 0 amide bonds. The van der Waals surface area contributed by atoms with Gasteiger partial charge in [0.2, 0.25) is 0 Å². The van der Waals surface area contributed by atoms with Crippen molar-refractivity contribution in [2.45, 2.75) is 39.0 Å². The van der Waals surface area contributed by atoms with Gasteiger partial charge in [0.25, 0.3) is 0 Å². The molecule has 2 heteroatoms. The SMILES string of the molecule is CCCCc1ccc(Oc2ccc(C)cc2CCl)cc1. The van der Waals surface area contributed by atoms with Crippen molar-refractivity contribution in [1.82, 2.24) is 0 Å². The first-order chi connectivity index (χ1) is 9.72. The molecule has 20 heavy (non-hydrogen) atoms. The van der Waals surface area contributed by atoms with Gasteiger partial charge < -0.3 is 4.74 Å². The van der Waals surface area contributed by atoms with Gasteiger partial charge >= 0.3 is 0 Å². The summed E-state index contributed by atoms with van der Waals surface area (Å²) in [5, 5.41) is 0. The molecule has 0 heterocycles. The van der Waals surface area contributed by atoms with Crippen molar-refractivity contribution < 1.29 is 4.74 Å². The summed E-state index contributed by atoms with van der Waals surface area (Å²) >= 11 is 5.97. The molecule has 0 atom stereocenters. The lowest BCUT2D eigenvalue weighted by Crippen LogP contribution is -1.91. The average molecular weight is 289 g/mol. The second-order valence-electron chi connectivity index (χ2n) is 5.09. The Morgan fingerprint density at radius 1 is 1.05 bits per heavy atom. The van der Waals surface area contributed by atoms with Crippen molar-refractivity contribution in [2.75, 3.05) is 0 Å². The summed E-state index contributed by atoms with van der Waals surface area (Å²) in [6.07, 6.45) is 3.59. The Labute approximate surface area is 126 Å². The number of hydrogen-bond acceptors (Lipinski definition) is 1. The van der Waals surface area contributed by atoms with Crippen LogP contribution >= 0.6 is 11.6 Å². The van der Waals surface area contributed by atoms with Crippen LogP contribution in [0.3, 0.4) is 0 Å². The highest BCUT2D eigenvalue weighted by Gasteiger charge is 2.04. The number of unbranched alkanes of at least 4 members (excludes halogenated alkanes) is 1. The molecule has 1 nitrogen and oxygen atoms in total. The molecule has 0 aromatic heterocycles. The molecule has 2 aromatic rings. The second kappa shape index (κ2) is 7.35. The summed E-state index contributed by atoms with van der Waals surface area (Å²) in [6.45, 7) is 4.27. The summed E-state index contributed by atoms with van der Waals surface area (Å²) in [5.41, 5.74) is 3.59. The van der Waals surface area contributed by atoms with E-state index in [4.69, 9.17) is 16.3 Å². The highest BCUT2D eigenvalue weighted by atomic mass is 35.5. The molecule has 0 aliphatic carbocycles. The fourth-order valence-corrected chi connectivity index (χ4v) is 2.35. The quantitative estimate of drug-likeness (QED) is 0.604. The van der Waals surface area contributed by atoms with Crippen LogP contribution in [0, 0.1) is 6.92 Å². The number of alkyl halides is 1. The minimum absolute atomic E-state index is 0.464. The molecule has 0 spiro atoms. The van der Waals surface area contributed by atoms with E-state index in [2.05, 4.69) is 32.0 Å². The predicted molar refractivity (Wildman–Crippen MR) is 85.9 cm³/mol. The van der Waals surface area contributed by atoms with Gasteiger partial charge in [-0.05, 0) is 43.5 Å². The van der Waals surface area contributed by atoms with Crippen LogP contribution in [0.2, 0.25) is 0 Å². The van der Waals surface area contributed by atoms with E-state index in [1.165, 1.54) is 24.0 Å². The maximum atomic E-state index is 5.97. The summed E-state index contributed by atoms with van der Waals surface area (Å²) in [6, 6.07) is 14.4. The zero-order valence-corrected chi connectivity index (χ0v) is 12.9. The van der Waals surface area contributed by atoms with Crippen molar-refractivity contribution in [3.63, 3.8) is 0 Å². The maximum Gasteiger partial charge on any atom is 0.131 e. The van der Waals surface area contributed by atoms with Gasteiger partial charge in [-0.2, -0.15) is 0 Å². The monoisotopic (exact) mass is 288 g/mol. The number of rotatable bonds is 6. The first kappa shape index (κ1) is 14.9. The first-order valence-electron chi connectivity index (χ1n) is 7.15. The van der Waals surface area contributed by atoms with Crippen molar-refractivity contribution in [3.05, 3.63) is 59.2 Å². The second-order valence-corrected chi connectivity index (χ2v) is 5.36. The molecule has 0 saturated carbocycles. The van der Waals surface area contributed by atoms with Crippen molar-refractivity contribution in [3.8, 4) is 11.5 Å². The average Bonchev–Trinajstić information content (AvgIpc) is 2.48. The van der Waals surface area contributed by atoms with E-state index in [1.54, 1.807) is 0 Å². The number of halogens is 1. The lowest BCUT2D eigenvalue weighted by atomic mass is 10.1. The summed E-state index contributed by atoms with van der Waals surface area (Å²) in [4.78, 5) is 0. The summed E-state index contributed by atoms with van der Waals surface area (Å²) in [5.74, 6) is 2.17. The van der Waals surface area contributed by atoms with Crippen LogP contribution in [-0.2, 0) is 12.3 Å². The fraction of sp³-hybridized carbons (Fsp3) is 0.333. The molecule has 0 radical (unpaired) electrons. The van der Waals surface area contributed by atoms with Crippen LogP contribution in [0.15, 0.2) is 42.5 Å². The molecule has 0 N–H and O–H groups in total. The van der Waals surface area contributed by atoms with Crippen LogP contribution in [0.5, 0.6) is 11.5 Å². The molecular weight excluding hydrogens is 268 g/mol. The van der Waals surface area contributed by atoms with Crippen molar-refractivity contribution in [1.29, 1.82) is 0 Å². The van der Waals surface area contributed by atoms with E-state index in [-0.39, 0.29) is 0 Å². The Kier molecular flexibility index (Phi) is 5.49. The molecule has 0 unspecified atom stereocenters. The highest BCUT2D eigenvalue weighted by Crippen LogP contribution is 2.27. The largest absolute Gasteiger partial charge is 0.457 e. The third-order valence-corrected chi connectivity index (χ3v) is 3.62. The van der Waals surface area contributed by atoms with Gasteiger partial charge in [0.15, 0.2) is 0 Å². The van der Waals surface area contributed by atoms with Crippen LogP contribution < -0.4 is 4.74 Å². The van der Waals surface area contributed by atoms with Gasteiger partial charge in [-0.15, -0.1) is 11.6 Å². The zero-order valence-electron chi connectivity index (χ0n) is 12.2. The van der Waals surface area contributed by atoms with Crippen molar-refractivity contribution >= 4 is 11.6 Å². The Balaban J connectivity index is 2.10. The topological polar surface area (TPSA) is 9.23 Å². The minimum atomic E-state index is 0.464. The minimum Gasteiger partial charge on any atom is -0.457 e. The predicted octanol–water partition coefficient (Wildman–Crippen LogP) is 5.87. The first-order valence-corrected chi connectivity index (χ1v) is 7.68. The van der Waals surface area contributed by atoms with E-state index < -0.39 is 0 Å². The van der Waals surface area contributed by atoms with Gasteiger partial charge in [-0.1, -0.05) is 43.2 Å². The summed E-state index contributed by atoms with van der Waals surface area (Å²) < 4.78 is 5.93. The van der Waals surface area contributed by atoms with E-state index in [0.717, 1.165) is 23.5 Å². The van der Waals surface area contributed by atoms with Crippen LogP contribution in [0.25, 0.3) is 0 Å². The van der Waals surface area contributed by atoms with Gasteiger partial charge in [0, 0.05) is 5.56 Å². The molecular formula is C18H21ClO. The smallest absolute Gasteiger partial charge is 0.131 e. The maximum absolute atomic E-state index is 5.97. The number of aryl methyl sites for hydroxylation is 2. The summed E-state index contributed by atoms with van der Waals surface area (Å²) in [7, 11) is 0. The van der Waals surface area contributed by atoms with Crippen molar-refractivity contribution in [2.24, 2.45) is 0 Å². The molecule has 2 rings (SSSR count). The molecule has 0 saturated heterocycles. The third-order valence-electron chi connectivity index (χ3n) is 3.33. The van der Waals surface area contributed by atoms with Gasteiger partial charge in [-0.3, -0.25) is 0 Å². The molecule has 2 aromatic carbocycles. The van der Waals surface area contributed by atoms with Gasteiger partial charge in [-0.25, -0.2) is 0 Å². The number of ether oxygens (including phenoxy) is 1. The van der Waals surface area contributed by atoms with Crippen LogP contribution in [0.1, 0.15) is 36.5 Å². The van der Waals surface area contributed by atoms with E-state index >= 15 is 0 Å². The van der Waals surface area contributed by atoms with E-state index in [9.17, 15) is 0 Å². The molecule has 106 valence electrons. The standard InChI is InChI=1S/C18H21ClO/c1-3-4-5-15-7-9-17(10-8-15)20-18-11-6-14(2)12-16(18)13-19/h6-12H,3-5,13H2,1-2H3. The molecule has 0 aliphatic heterocycles. The van der Waals surface area contributed by atoms with E-state index in [0.29, 0.717) is 5.88 Å². The Hall–Kier alpha value is -1.47. The van der Waals surface area contributed by atoms with Crippen LogP contribution in [-0.4, -0.2) is 0 Å². The Bertz CT molecular complexity index is 546. The van der Waals surface area contributed by atoms with Crippen LogP contribution in [0.4, 0.5) is 0 Å². The van der Waals surface area contributed by atoms with E-state index in [1.807, 2.05) is 24.3 Å². The van der Waals surface area contributed by atoms with Gasteiger partial charge in [0.1, 0.15) is 11.5 Å². The molecule has 0 fully saturated rings. The zero-order chi connectivity index (χ0) is 14.4. The number of benzene rings is 2. The number of hydrogen-bond donors (Lipinski definition) is 0. The Morgan fingerprint density at radius 2 is 1.80 bits per heavy atom. The lowest BCUT2D eigenvalue weighted by Gasteiger charge is -2.11. The molecule has 0 aliphatic rings.